The van der Waals surface area contributed by atoms with Crippen LogP contribution in [-0.2, 0) is 23.0 Å². The van der Waals surface area contributed by atoms with Crippen LogP contribution in [-0.4, -0.2) is 32.1 Å². The van der Waals surface area contributed by atoms with E-state index in [9.17, 15) is 18.3 Å². The Kier molecular flexibility index (Phi) is 4.15. The largest absolute Gasteiger partial charge is 0.478 e. The fourth-order valence-electron chi connectivity index (χ4n) is 3.36. The molecular formula is C17H18N2O4S2. The van der Waals surface area contributed by atoms with Crippen molar-refractivity contribution in [1.82, 2.24) is 10.0 Å². The van der Waals surface area contributed by atoms with Crippen molar-refractivity contribution in [2.24, 2.45) is 0 Å². The van der Waals surface area contributed by atoms with Crippen LogP contribution in [0.2, 0.25) is 0 Å². The predicted molar refractivity (Wildman–Crippen MR) is 94.6 cm³/mol. The van der Waals surface area contributed by atoms with E-state index in [1.807, 2.05) is 30.3 Å². The standard InChI is InChI=1S/C17H18N2O4S2/c20-16(21)15-11-6-7-18-9-14(11)24-17(15)25(22,23)19-13-8-12(13)10-4-2-1-3-5-10/h1-5,12-13,18-19H,6-9H2,(H,20,21)/t12-,13+/m0/s1. The highest BCUT2D eigenvalue weighted by Crippen LogP contribution is 2.42. The molecule has 4 rings (SSSR count). The minimum absolute atomic E-state index is 0.0501. The SMILES string of the molecule is O=C(O)c1c(S(=O)(=O)N[C@@H]2C[C@H]2c2ccccc2)sc2c1CCNC2. The Morgan fingerprint density at radius 3 is 2.76 bits per heavy atom. The Morgan fingerprint density at radius 1 is 1.28 bits per heavy atom. The summed E-state index contributed by atoms with van der Waals surface area (Å²) in [4.78, 5) is 12.5. The molecule has 1 aliphatic carbocycles. The second-order valence-electron chi connectivity index (χ2n) is 6.38. The lowest BCUT2D eigenvalue weighted by atomic mass is 10.1. The quantitative estimate of drug-likeness (QED) is 0.739. The summed E-state index contributed by atoms with van der Waals surface area (Å²) in [6.45, 7) is 1.18. The molecule has 2 aromatic rings. The summed E-state index contributed by atoms with van der Waals surface area (Å²) in [5, 5.41) is 12.7. The molecule has 0 amide bonds. The molecule has 8 heteroatoms. The molecule has 132 valence electrons. The minimum atomic E-state index is -3.85. The topological polar surface area (TPSA) is 95.5 Å². The number of sulfonamides is 1. The van der Waals surface area contributed by atoms with Gasteiger partial charge in [-0.25, -0.2) is 17.9 Å². The van der Waals surface area contributed by atoms with Gasteiger partial charge in [0.2, 0.25) is 0 Å². The third-order valence-corrected chi connectivity index (χ3v) is 7.92. The number of carboxylic acids is 1. The van der Waals surface area contributed by atoms with Gasteiger partial charge in [-0.1, -0.05) is 30.3 Å². The molecule has 0 bridgehead atoms. The molecule has 1 aliphatic heterocycles. The summed E-state index contributed by atoms with van der Waals surface area (Å²) in [6, 6.07) is 9.58. The first-order chi connectivity index (χ1) is 12.0. The number of nitrogens with one attached hydrogen (secondary N) is 2. The van der Waals surface area contributed by atoms with Crippen LogP contribution in [0, 0.1) is 0 Å². The molecule has 1 aromatic carbocycles. The van der Waals surface area contributed by atoms with Gasteiger partial charge in [-0.15, -0.1) is 11.3 Å². The Bertz CT molecular complexity index is 922. The molecule has 1 aromatic heterocycles. The molecule has 0 saturated heterocycles. The van der Waals surface area contributed by atoms with Gasteiger partial charge in [0.25, 0.3) is 10.0 Å². The number of carbonyl (C=O) groups is 1. The lowest BCUT2D eigenvalue weighted by Gasteiger charge is -2.12. The van der Waals surface area contributed by atoms with Gasteiger partial charge in [0.05, 0.1) is 5.56 Å². The van der Waals surface area contributed by atoms with Crippen molar-refractivity contribution in [1.29, 1.82) is 0 Å². The zero-order chi connectivity index (χ0) is 17.6. The van der Waals surface area contributed by atoms with Crippen molar-refractivity contribution in [2.45, 2.75) is 35.6 Å². The predicted octanol–water partition coefficient (Wildman–Crippen LogP) is 1.93. The first-order valence-electron chi connectivity index (χ1n) is 8.13. The first-order valence-corrected chi connectivity index (χ1v) is 10.4. The Balaban J connectivity index is 1.61. The highest BCUT2D eigenvalue weighted by molar-refractivity contribution is 7.91. The molecule has 1 fully saturated rings. The van der Waals surface area contributed by atoms with Gasteiger partial charge >= 0.3 is 5.97 Å². The molecule has 3 N–H and O–H groups in total. The van der Waals surface area contributed by atoms with Crippen LogP contribution in [0.15, 0.2) is 34.5 Å². The molecule has 1 saturated carbocycles. The fraction of sp³-hybridized carbons (Fsp3) is 0.353. The number of hydrogen-bond donors (Lipinski definition) is 3. The van der Waals surface area contributed by atoms with Crippen LogP contribution in [0.25, 0.3) is 0 Å². The third kappa shape index (κ3) is 3.10. The van der Waals surface area contributed by atoms with E-state index in [1.165, 1.54) is 0 Å². The second-order valence-corrected chi connectivity index (χ2v) is 9.39. The summed E-state index contributed by atoms with van der Waals surface area (Å²) in [5.74, 6) is -1.02. The Labute approximate surface area is 149 Å². The molecule has 25 heavy (non-hydrogen) atoms. The number of benzene rings is 1. The molecule has 2 atom stereocenters. The smallest absolute Gasteiger partial charge is 0.338 e. The van der Waals surface area contributed by atoms with E-state index in [0.717, 1.165) is 28.2 Å². The number of fused-ring (bicyclic) bond motifs is 1. The van der Waals surface area contributed by atoms with Crippen LogP contribution < -0.4 is 10.0 Å². The Hall–Kier alpha value is -1.74. The number of rotatable bonds is 5. The van der Waals surface area contributed by atoms with Gasteiger partial charge in [-0.05, 0) is 30.5 Å². The molecule has 6 nitrogen and oxygen atoms in total. The number of carboxylic acid groups (broad SMARTS) is 1. The van der Waals surface area contributed by atoms with Crippen LogP contribution in [0.5, 0.6) is 0 Å². The zero-order valence-corrected chi connectivity index (χ0v) is 15.0. The van der Waals surface area contributed by atoms with Crippen molar-refractivity contribution in [3.8, 4) is 0 Å². The van der Waals surface area contributed by atoms with E-state index >= 15 is 0 Å². The van der Waals surface area contributed by atoms with Gasteiger partial charge in [0, 0.05) is 23.4 Å². The summed E-state index contributed by atoms with van der Waals surface area (Å²) in [6.07, 6.45) is 1.28. The van der Waals surface area contributed by atoms with E-state index in [2.05, 4.69) is 10.0 Å². The summed E-state index contributed by atoms with van der Waals surface area (Å²) in [5.41, 5.74) is 1.71. The van der Waals surface area contributed by atoms with Crippen molar-refractivity contribution in [3.05, 3.63) is 51.9 Å². The van der Waals surface area contributed by atoms with Crippen LogP contribution in [0.3, 0.4) is 0 Å². The minimum Gasteiger partial charge on any atom is -0.478 e. The summed E-state index contributed by atoms with van der Waals surface area (Å²) < 4.78 is 28.3. The summed E-state index contributed by atoms with van der Waals surface area (Å²) >= 11 is 1.07. The number of hydrogen-bond acceptors (Lipinski definition) is 5. The molecule has 0 unspecified atom stereocenters. The Morgan fingerprint density at radius 2 is 2.04 bits per heavy atom. The van der Waals surface area contributed by atoms with Crippen molar-refractivity contribution in [3.63, 3.8) is 0 Å². The second kappa shape index (κ2) is 6.21. The van der Waals surface area contributed by atoms with Crippen LogP contribution in [0.1, 0.15) is 38.7 Å². The van der Waals surface area contributed by atoms with Gasteiger partial charge in [0.1, 0.15) is 4.21 Å². The van der Waals surface area contributed by atoms with Crippen molar-refractivity contribution in [2.75, 3.05) is 6.54 Å². The lowest BCUT2D eigenvalue weighted by molar-refractivity contribution is 0.0692. The zero-order valence-electron chi connectivity index (χ0n) is 13.4. The summed E-state index contributed by atoms with van der Waals surface area (Å²) in [7, 11) is -3.85. The van der Waals surface area contributed by atoms with E-state index in [0.29, 0.717) is 25.1 Å². The van der Waals surface area contributed by atoms with E-state index in [-0.39, 0.29) is 21.7 Å². The normalized spacial score (nSPS) is 22.4. The van der Waals surface area contributed by atoms with Gasteiger partial charge in [-0.3, -0.25) is 0 Å². The molecule has 0 spiro atoms. The van der Waals surface area contributed by atoms with Crippen LogP contribution in [0.4, 0.5) is 0 Å². The van der Waals surface area contributed by atoms with Gasteiger partial charge in [0.15, 0.2) is 0 Å². The third-order valence-electron chi connectivity index (χ3n) is 4.68. The maximum absolute atomic E-state index is 12.8. The monoisotopic (exact) mass is 378 g/mol. The van der Waals surface area contributed by atoms with Gasteiger partial charge in [-0.2, -0.15) is 0 Å². The average Bonchev–Trinajstić information content (AvgIpc) is 3.21. The van der Waals surface area contributed by atoms with Crippen molar-refractivity contribution < 1.29 is 18.3 Å². The fourth-order valence-corrected chi connectivity index (χ4v) is 6.53. The number of aromatic carboxylic acids is 1. The van der Waals surface area contributed by atoms with E-state index < -0.39 is 16.0 Å². The lowest BCUT2D eigenvalue weighted by Crippen LogP contribution is -2.28. The molecule has 2 aliphatic rings. The van der Waals surface area contributed by atoms with E-state index in [1.54, 1.807) is 0 Å². The van der Waals surface area contributed by atoms with Crippen LogP contribution >= 0.6 is 11.3 Å². The molecular weight excluding hydrogens is 360 g/mol. The van der Waals surface area contributed by atoms with Gasteiger partial charge < -0.3 is 10.4 Å². The average molecular weight is 378 g/mol. The highest BCUT2D eigenvalue weighted by atomic mass is 32.2. The number of thiophene rings is 1. The molecule has 0 radical (unpaired) electrons. The highest BCUT2D eigenvalue weighted by Gasteiger charge is 2.43. The maximum Gasteiger partial charge on any atom is 0.338 e. The maximum atomic E-state index is 12.8. The van der Waals surface area contributed by atoms with E-state index in [4.69, 9.17) is 0 Å². The first kappa shape index (κ1) is 16.7. The molecule has 2 heterocycles. The van der Waals surface area contributed by atoms with Crippen molar-refractivity contribution >= 4 is 27.3 Å².